The average Bonchev–Trinajstić information content (AvgIpc) is 2.32. The zero-order valence-electron chi connectivity index (χ0n) is 13.6. The zero-order valence-corrected chi connectivity index (χ0v) is 13.6. The number of nitriles is 1. The fourth-order valence-corrected chi connectivity index (χ4v) is 6.74. The van der Waals surface area contributed by atoms with Crippen LogP contribution in [0.25, 0.3) is 0 Å². The molecule has 4 aliphatic rings. The smallest absolute Gasteiger partial charge is 0.333 e. The van der Waals surface area contributed by atoms with Gasteiger partial charge in [-0.1, -0.05) is 19.9 Å². The van der Waals surface area contributed by atoms with Crippen LogP contribution >= 0.6 is 0 Å². The number of ether oxygens (including phenoxy) is 1. The maximum atomic E-state index is 11.8. The first-order valence-electron chi connectivity index (χ1n) is 7.86. The van der Waals surface area contributed by atoms with E-state index in [9.17, 15) is 10.1 Å². The van der Waals surface area contributed by atoms with E-state index in [2.05, 4.69) is 26.0 Å². The molecular formula is C18H25NO2. The molecule has 0 aliphatic heterocycles. The van der Waals surface area contributed by atoms with Crippen molar-refractivity contribution in [2.75, 3.05) is 7.11 Å². The summed E-state index contributed by atoms with van der Waals surface area (Å²) in [6, 6.07) is 2.66. The van der Waals surface area contributed by atoms with E-state index in [0.29, 0.717) is 5.57 Å². The molecule has 0 aromatic rings. The van der Waals surface area contributed by atoms with Crippen molar-refractivity contribution in [2.45, 2.75) is 59.3 Å². The molecule has 0 amide bonds. The Labute approximate surface area is 127 Å². The fraction of sp³-hybridized carbons (Fsp3) is 0.778. The van der Waals surface area contributed by atoms with E-state index in [1.165, 1.54) is 13.5 Å². The van der Waals surface area contributed by atoms with Gasteiger partial charge >= 0.3 is 5.97 Å². The van der Waals surface area contributed by atoms with Crippen molar-refractivity contribution in [1.29, 1.82) is 5.26 Å². The summed E-state index contributed by atoms with van der Waals surface area (Å²) in [6.45, 7) is 6.52. The normalized spacial score (nSPS) is 48.0. The highest BCUT2D eigenvalue weighted by atomic mass is 16.5. The van der Waals surface area contributed by atoms with Gasteiger partial charge in [0.1, 0.15) is 0 Å². The quantitative estimate of drug-likeness (QED) is 0.570. The van der Waals surface area contributed by atoms with Crippen LogP contribution in [0.3, 0.4) is 0 Å². The van der Waals surface area contributed by atoms with Gasteiger partial charge in [0, 0.05) is 5.57 Å². The number of hydrogen-bond donors (Lipinski definition) is 0. The summed E-state index contributed by atoms with van der Waals surface area (Å²) in [7, 11) is 1.43. The lowest BCUT2D eigenvalue weighted by molar-refractivity contribution is -0.152. The van der Waals surface area contributed by atoms with Crippen molar-refractivity contribution < 1.29 is 9.53 Å². The van der Waals surface area contributed by atoms with Gasteiger partial charge in [-0.15, -0.1) is 0 Å². The van der Waals surface area contributed by atoms with E-state index >= 15 is 0 Å². The van der Waals surface area contributed by atoms with Crippen LogP contribution in [0.15, 0.2) is 11.6 Å². The zero-order chi connectivity index (χ0) is 15.5. The second-order valence-corrected chi connectivity index (χ2v) is 8.76. The van der Waals surface area contributed by atoms with E-state index in [1.807, 2.05) is 6.92 Å². The number of methoxy groups -OCH3 is 1. The van der Waals surface area contributed by atoms with Crippen LogP contribution in [0.2, 0.25) is 0 Å². The van der Waals surface area contributed by atoms with Gasteiger partial charge in [0.05, 0.1) is 18.6 Å². The van der Waals surface area contributed by atoms with Crippen molar-refractivity contribution in [3.63, 3.8) is 0 Å². The molecule has 4 aliphatic carbocycles. The Morgan fingerprint density at radius 2 is 1.67 bits per heavy atom. The minimum atomic E-state index is -0.243. The standard InChI is InChI=1S/C18H25NO2/c1-13(14(20)21-4)5-17-7-15(2)6-16(3,8-17)10-18(9-15,11-17)12-19/h5H,6-11H2,1-4H3/b13-5+. The maximum absolute atomic E-state index is 11.8. The number of allylic oxidation sites excluding steroid dienone is 1. The molecule has 0 spiro atoms. The average molecular weight is 287 g/mol. The van der Waals surface area contributed by atoms with Crippen LogP contribution in [-0.2, 0) is 9.53 Å². The summed E-state index contributed by atoms with van der Waals surface area (Å²) in [5.41, 5.74) is 0.995. The number of rotatable bonds is 2. The molecule has 4 rings (SSSR count). The molecule has 0 aromatic heterocycles. The van der Waals surface area contributed by atoms with Crippen molar-refractivity contribution in [3.8, 4) is 6.07 Å². The first-order valence-corrected chi connectivity index (χ1v) is 7.86. The summed E-state index contributed by atoms with van der Waals surface area (Å²) in [5, 5.41) is 9.80. The summed E-state index contributed by atoms with van der Waals surface area (Å²) in [6.07, 6.45) is 8.53. The van der Waals surface area contributed by atoms with Crippen molar-refractivity contribution in [1.82, 2.24) is 0 Å². The number of hydrogen-bond acceptors (Lipinski definition) is 3. The molecule has 0 heterocycles. The Kier molecular flexibility index (Phi) is 2.87. The monoisotopic (exact) mass is 287 g/mol. The summed E-state index contributed by atoms with van der Waals surface area (Å²) in [5.74, 6) is -0.243. The van der Waals surface area contributed by atoms with Gasteiger partial charge in [-0.2, -0.15) is 5.26 Å². The van der Waals surface area contributed by atoms with Crippen molar-refractivity contribution in [3.05, 3.63) is 11.6 Å². The van der Waals surface area contributed by atoms with Gasteiger partial charge < -0.3 is 4.74 Å². The van der Waals surface area contributed by atoms with Gasteiger partial charge in [-0.05, 0) is 61.7 Å². The molecular weight excluding hydrogens is 262 g/mol. The second kappa shape index (κ2) is 4.12. The third kappa shape index (κ3) is 2.20. The van der Waals surface area contributed by atoms with E-state index in [-0.39, 0.29) is 27.6 Å². The van der Waals surface area contributed by atoms with Crippen LogP contribution in [-0.4, -0.2) is 13.1 Å². The lowest BCUT2D eigenvalue weighted by atomic mass is 9.36. The van der Waals surface area contributed by atoms with Crippen LogP contribution in [0.4, 0.5) is 0 Å². The highest BCUT2D eigenvalue weighted by Gasteiger charge is 2.65. The van der Waals surface area contributed by atoms with E-state index in [4.69, 9.17) is 4.74 Å². The summed E-state index contributed by atoms with van der Waals surface area (Å²) in [4.78, 5) is 11.8. The van der Waals surface area contributed by atoms with Gasteiger partial charge in [0.15, 0.2) is 0 Å². The van der Waals surface area contributed by atoms with Crippen molar-refractivity contribution >= 4 is 5.97 Å². The number of nitrogens with zero attached hydrogens (tertiary/aromatic N) is 1. The van der Waals surface area contributed by atoms with Crippen LogP contribution in [0, 0.1) is 33.0 Å². The molecule has 3 heteroatoms. The predicted molar refractivity (Wildman–Crippen MR) is 80.2 cm³/mol. The Bertz CT molecular complexity index is 550. The lowest BCUT2D eigenvalue weighted by Crippen LogP contribution is -2.58. The fourth-order valence-electron chi connectivity index (χ4n) is 6.74. The van der Waals surface area contributed by atoms with Crippen LogP contribution in [0.1, 0.15) is 59.3 Å². The molecule has 0 radical (unpaired) electrons. The number of esters is 1. The molecule has 0 aromatic carbocycles. The molecule has 4 fully saturated rings. The highest BCUT2D eigenvalue weighted by Crippen LogP contribution is 2.73. The Morgan fingerprint density at radius 3 is 2.14 bits per heavy atom. The SMILES string of the molecule is COC(=O)/C(C)=C/C12CC3(C)CC(C)(CC(C#N)(C3)C1)C2. The highest BCUT2D eigenvalue weighted by molar-refractivity contribution is 5.87. The molecule has 0 N–H and O–H groups in total. The summed E-state index contributed by atoms with van der Waals surface area (Å²) < 4.78 is 4.86. The van der Waals surface area contributed by atoms with Crippen LogP contribution < -0.4 is 0 Å². The largest absolute Gasteiger partial charge is 0.466 e. The molecule has 2 atom stereocenters. The van der Waals surface area contributed by atoms with E-state index in [1.54, 1.807) is 0 Å². The molecule has 3 nitrogen and oxygen atoms in total. The first-order chi connectivity index (χ1) is 9.67. The van der Waals surface area contributed by atoms with Crippen LogP contribution in [0.5, 0.6) is 0 Å². The second-order valence-electron chi connectivity index (χ2n) is 8.76. The third-order valence-corrected chi connectivity index (χ3v) is 5.90. The van der Waals surface area contributed by atoms with Crippen molar-refractivity contribution in [2.24, 2.45) is 21.7 Å². The Balaban J connectivity index is 2.04. The Morgan fingerprint density at radius 1 is 1.10 bits per heavy atom. The molecule has 21 heavy (non-hydrogen) atoms. The molecule has 0 saturated heterocycles. The van der Waals surface area contributed by atoms with Gasteiger partial charge in [0.25, 0.3) is 0 Å². The predicted octanol–water partition coefficient (Wildman–Crippen LogP) is 4.00. The van der Waals surface area contributed by atoms with Gasteiger partial charge in [0.2, 0.25) is 0 Å². The maximum Gasteiger partial charge on any atom is 0.333 e. The lowest BCUT2D eigenvalue weighted by Gasteiger charge is -2.67. The molecule has 4 saturated carbocycles. The van der Waals surface area contributed by atoms with E-state index < -0.39 is 0 Å². The Hall–Kier alpha value is -1.30. The molecule has 4 bridgehead atoms. The molecule has 114 valence electrons. The molecule has 2 unspecified atom stereocenters. The number of carbonyl (C=O) groups excluding carboxylic acids is 1. The topological polar surface area (TPSA) is 50.1 Å². The number of carbonyl (C=O) groups is 1. The van der Waals surface area contributed by atoms with Gasteiger partial charge in [-0.25, -0.2) is 4.79 Å². The minimum Gasteiger partial charge on any atom is -0.466 e. The van der Waals surface area contributed by atoms with Gasteiger partial charge in [-0.3, -0.25) is 0 Å². The summed E-state index contributed by atoms with van der Waals surface area (Å²) >= 11 is 0. The third-order valence-electron chi connectivity index (χ3n) is 5.90. The minimum absolute atomic E-state index is 0.00620. The van der Waals surface area contributed by atoms with E-state index in [0.717, 1.165) is 32.1 Å². The first kappa shape index (κ1) is 14.6.